The third kappa shape index (κ3) is 4.82. The Morgan fingerprint density at radius 3 is 2.48 bits per heavy atom. The molecule has 0 radical (unpaired) electrons. The Morgan fingerprint density at radius 1 is 1.16 bits per heavy atom. The van der Waals surface area contributed by atoms with Gasteiger partial charge in [0.1, 0.15) is 5.75 Å². The molecular formula is C19H20BrNO4. The van der Waals surface area contributed by atoms with Gasteiger partial charge in [-0.05, 0) is 41.0 Å². The van der Waals surface area contributed by atoms with E-state index in [1.54, 1.807) is 31.2 Å². The van der Waals surface area contributed by atoms with Gasteiger partial charge in [0.15, 0.2) is 0 Å². The van der Waals surface area contributed by atoms with Crippen LogP contribution in [-0.2, 0) is 22.6 Å². The topological polar surface area (TPSA) is 66.8 Å². The summed E-state index contributed by atoms with van der Waals surface area (Å²) in [6.07, 6.45) is -0.0593. The van der Waals surface area contributed by atoms with Crippen molar-refractivity contribution >= 4 is 27.8 Å². The van der Waals surface area contributed by atoms with Crippen LogP contribution in [0.1, 0.15) is 18.1 Å². The fourth-order valence-electron chi connectivity index (χ4n) is 2.57. The van der Waals surface area contributed by atoms with Gasteiger partial charge in [-0.15, -0.1) is 0 Å². The maximum absolute atomic E-state index is 11.6. The second kappa shape index (κ2) is 8.16. The summed E-state index contributed by atoms with van der Waals surface area (Å²) in [5.41, 5.74) is 3.34. The van der Waals surface area contributed by atoms with Crippen LogP contribution >= 0.6 is 15.9 Å². The van der Waals surface area contributed by atoms with Gasteiger partial charge in [0.25, 0.3) is 0 Å². The molecule has 2 rings (SSSR count). The van der Waals surface area contributed by atoms with Gasteiger partial charge < -0.3 is 14.7 Å². The zero-order chi connectivity index (χ0) is 18.6. The first-order valence-corrected chi connectivity index (χ1v) is 8.50. The molecule has 2 aromatic carbocycles. The molecule has 1 amide bonds. The number of ether oxygens (including phenoxy) is 1. The van der Waals surface area contributed by atoms with E-state index >= 15 is 0 Å². The number of carbonyl (C=O) groups is 2. The molecule has 0 bridgehead atoms. The fourth-order valence-corrected chi connectivity index (χ4v) is 2.98. The molecule has 0 aromatic heterocycles. The van der Waals surface area contributed by atoms with Crippen molar-refractivity contribution < 1.29 is 19.4 Å². The van der Waals surface area contributed by atoms with Crippen LogP contribution in [0, 0.1) is 0 Å². The van der Waals surface area contributed by atoms with Gasteiger partial charge in [-0.1, -0.05) is 28.1 Å². The van der Waals surface area contributed by atoms with Crippen molar-refractivity contribution in [3.63, 3.8) is 0 Å². The molecule has 1 N–H and O–H groups in total. The molecule has 0 saturated heterocycles. The molecule has 132 valence electrons. The first-order chi connectivity index (χ1) is 11.8. The minimum absolute atomic E-state index is 0.0301. The summed E-state index contributed by atoms with van der Waals surface area (Å²) >= 11 is 3.47. The lowest BCUT2D eigenvalue weighted by atomic mass is 9.96. The number of carboxylic acid groups (broad SMARTS) is 1. The van der Waals surface area contributed by atoms with E-state index in [2.05, 4.69) is 15.9 Å². The van der Waals surface area contributed by atoms with Crippen LogP contribution in [0.15, 0.2) is 40.9 Å². The highest BCUT2D eigenvalue weighted by molar-refractivity contribution is 9.10. The lowest BCUT2D eigenvalue weighted by Crippen LogP contribution is -2.23. The number of nitrogens with zero attached hydrogens (tertiary/aromatic N) is 1. The number of aliphatic carboxylic acids is 1. The minimum Gasteiger partial charge on any atom is -0.496 e. The number of carboxylic acids is 1. The van der Waals surface area contributed by atoms with Crippen LogP contribution in [0.5, 0.6) is 5.75 Å². The minimum atomic E-state index is -0.886. The van der Waals surface area contributed by atoms with Crippen LogP contribution in [0.3, 0.4) is 0 Å². The van der Waals surface area contributed by atoms with Gasteiger partial charge in [0, 0.05) is 30.6 Å². The van der Waals surface area contributed by atoms with Gasteiger partial charge in [-0.25, -0.2) is 0 Å². The largest absolute Gasteiger partial charge is 0.496 e. The van der Waals surface area contributed by atoms with Crippen molar-refractivity contribution in [3.05, 3.63) is 52.0 Å². The van der Waals surface area contributed by atoms with Gasteiger partial charge in [0.2, 0.25) is 5.91 Å². The molecule has 0 spiro atoms. The van der Waals surface area contributed by atoms with E-state index in [0.29, 0.717) is 17.9 Å². The van der Waals surface area contributed by atoms with Crippen molar-refractivity contribution in [3.8, 4) is 16.9 Å². The monoisotopic (exact) mass is 405 g/mol. The van der Waals surface area contributed by atoms with Gasteiger partial charge in [-0.2, -0.15) is 0 Å². The van der Waals surface area contributed by atoms with Crippen LogP contribution in [0.4, 0.5) is 0 Å². The predicted molar refractivity (Wildman–Crippen MR) is 99.6 cm³/mol. The molecule has 25 heavy (non-hydrogen) atoms. The highest BCUT2D eigenvalue weighted by Gasteiger charge is 2.15. The summed E-state index contributed by atoms with van der Waals surface area (Å²) in [4.78, 5) is 24.2. The van der Waals surface area contributed by atoms with E-state index in [-0.39, 0.29) is 12.3 Å². The molecule has 5 nitrogen and oxygen atoms in total. The number of hydrogen-bond acceptors (Lipinski definition) is 3. The summed E-state index contributed by atoms with van der Waals surface area (Å²) in [6.45, 7) is 1.96. The van der Waals surface area contributed by atoms with Gasteiger partial charge in [0.05, 0.1) is 13.5 Å². The highest BCUT2D eigenvalue weighted by atomic mass is 79.9. The molecule has 0 heterocycles. The number of halogens is 1. The summed E-state index contributed by atoms with van der Waals surface area (Å²) in [5.74, 6) is -0.260. The summed E-state index contributed by atoms with van der Waals surface area (Å²) in [7, 11) is 3.32. The molecule has 0 aliphatic heterocycles. The maximum atomic E-state index is 11.6. The van der Waals surface area contributed by atoms with E-state index in [9.17, 15) is 9.59 Å². The third-order valence-corrected chi connectivity index (χ3v) is 4.42. The Balaban J connectivity index is 2.56. The normalized spacial score (nSPS) is 10.4. The van der Waals surface area contributed by atoms with Crippen LogP contribution in [0.2, 0.25) is 0 Å². The third-order valence-electron chi connectivity index (χ3n) is 3.92. The maximum Gasteiger partial charge on any atom is 0.307 e. The highest BCUT2D eigenvalue weighted by Crippen LogP contribution is 2.35. The number of carbonyl (C=O) groups excluding carboxylic acids is 1. The van der Waals surface area contributed by atoms with Crippen molar-refractivity contribution in [1.82, 2.24) is 4.90 Å². The lowest BCUT2D eigenvalue weighted by molar-refractivity contribution is -0.136. The zero-order valence-corrected chi connectivity index (χ0v) is 16.0. The van der Waals surface area contributed by atoms with Crippen LogP contribution < -0.4 is 4.74 Å². The Bertz CT molecular complexity index is 804. The van der Waals surface area contributed by atoms with Gasteiger partial charge >= 0.3 is 5.97 Å². The quantitative estimate of drug-likeness (QED) is 0.794. The molecule has 6 heteroatoms. The van der Waals surface area contributed by atoms with Crippen molar-refractivity contribution in [2.75, 3.05) is 14.2 Å². The first kappa shape index (κ1) is 19.0. The SMILES string of the molecule is COc1ccc(CC(=O)O)cc1-c1ccc(Br)cc1CN(C)C(C)=O. The zero-order valence-electron chi connectivity index (χ0n) is 14.4. The molecule has 2 aromatic rings. The van der Waals surface area contributed by atoms with E-state index in [0.717, 1.165) is 21.2 Å². The molecule has 0 atom stereocenters. The Kier molecular flexibility index (Phi) is 6.20. The van der Waals surface area contributed by atoms with Crippen LogP contribution in [0.25, 0.3) is 11.1 Å². The number of rotatable bonds is 6. The smallest absolute Gasteiger partial charge is 0.307 e. The summed E-state index contributed by atoms with van der Waals surface area (Å²) in [6, 6.07) is 11.2. The number of benzene rings is 2. The van der Waals surface area contributed by atoms with Crippen LogP contribution in [-0.4, -0.2) is 36.0 Å². The Hall–Kier alpha value is -2.34. The second-order valence-corrected chi connectivity index (χ2v) is 6.70. The second-order valence-electron chi connectivity index (χ2n) is 5.78. The molecule has 0 aliphatic carbocycles. The summed E-state index contributed by atoms with van der Waals surface area (Å²) in [5, 5.41) is 9.04. The van der Waals surface area contributed by atoms with E-state index in [1.165, 1.54) is 6.92 Å². The van der Waals surface area contributed by atoms with Crippen molar-refractivity contribution in [1.29, 1.82) is 0 Å². The average molecular weight is 406 g/mol. The Morgan fingerprint density at radius 2 is 1.88 bits per heavy atom. The summed E-state index contributed by atoms with van der Waals surface area (Å²) < 4.78 is 6.36. The van der Waals surface area contributed by atoms with Crippen molar-refractivity contribution in [2.45, 2.75) is 19.9 Å². The molecule has 0 aliphatic rings. The number of amides is 1. The van der Waals surface area contributed by atoms with Crippen molar-refractivity contribution in [2.24, 2.45) is 0 Å². The molecule has 0 fully saturated rings. The predicted octanol–water partition coefficient (Wildman–Crippen LogP) is 3.73. The number of methoxy groups -OCH3 is 1. The molecule has 0 unspecified atom stereocenters. The molecular weight excluding hydrogens is 386 g/mol. The molecule has 0 saturated carbocycles. The lowest BCUT2D eigenvalue weighted by Gasteiger charge is -2.19. The van der Waals surface area contributed by atoms with E-state index in [4.69, 9.17) is 9.84 Å². The average Bonchev–Trinajstić information content (AvgIpc) is 2.54. The first-order valence-electron chi connectivity index (χ1n) is 7.71. The van der Waals surface area contributed by atoms with E-state index in [1.807, 2.05) is 24.3 Å². The Labute approximate surface area is 155 Å². The van der Waals surface area contributed by atoms with E-state index < -0.39 is 5.97 Å². The number of hydrogen-bond donors (Lipinski definition) is 1. The standard InChI is InChI=1S/C19H20BrNO4/c1-12(22)21(2)11-14-10-15(20)5-6-16(14)17-8-13(9-19(23)24)4-7-18(17)25-3/h4-8,10H,9,11H2,1-3H3,(H,23,24). The van der Waals surface area contributed by atoms with Gasteiger partial charge in [-0.3, -0.25) is 9.59 Å². The fraction of sp³-hybridized carbons (Fsp3) is 0.263.